The molecule has 0 bridgehead atoms. The number of ether oxygens (including phenoxy) is 1. The number of nitrogens with zero attached hydrogens (tertiary/aromatic N) is 2. The quantitative estimate of drug-likeness (QED) is 0.912. The summed E-state index contributed by atoms with van der Waals surface area (Å²) in [5.41, 5.74) is 9.96. The molecule has 1 aromatic heterocycles. The molecule has 0 amide bonds. The lowest BCUT2D eigenvalue weighted by Crippen LogP contribution is -2.10. The predicted octanol–water partition coefficient (Wildman–Crippen LogP) is 3.81. The van der Waals surface area contributed by atoms with E-state index in [-0.39, 0.29) is 0 Å². The second-order valence-electron chi connectivity index (χ2n) is 4.86. The highest BCUT2D eigenvalue weighted by Crippen LogP contribution is 2.32. The smallest absolute Gasteiger partial charge is 0.243 e. The van der Waals surface area contributed by atoms with Crippen LogP contribution in [0.5, 0.6) is 11.6 Å². The van der Waals surface area contributed by atoms with Crippen molar-refractivity contribution < 1.29 is 4.74 Å². The lowest BCUT2D eigenvalue weighted by molar-refractivity contribution is 0.445. The Morgan fingerprint density at radius 2 is 1.90 bits per heavy atom. The third-order valence-corrected chi connectivity index (χ3v) is 3.73. The van der Waals surface area contributed by atoms with Gasteiger partial charge >= 0.3 is 0 Å². The van der Waals surface area contributed by atoms with Crippen molar-refractivity contribution in [3.05, 3.63) is 45.6 Å². The van der Waals surface area contributed by atoms with E-state index in [4.69, 9.17) is 22.1 Å². The molecule has 0 saturated carbocycles. The molecule has 1 heterocycles. The highest BCUT2D eigenvalue weighted by molar-refractivity contribution is 6.32. The SMILES string of the molecule is CCc1nnc(Oc2cc(C)ccc2Cl)c(CN)c1CC. The Hall–Kier alpha value is -1.65. The van der Waals surface area contributed by atoms with Gasteiger partial charge in [-0.3, -0.25) is 0 Å². The first-order valence-corrected chi connectivity index (χ1v) is 7.49. The highest BCUT2D eigenvalue weighted by atomic mass is 35.5. The molecule has 5 heteroatoms. The van der Waals surface area contributed by atoms with Crippen LogP contribution in [0.4, 0.5) is 0 Å². The molecular formula is C16H20ClN3O. The third-order valence-electron chi connectivity index (χ3n) is 3.42. The molecule has 2 N–H and O–H groups in total. The van der Waals surface area contributed by atoms with Crippen LogP contribution in [0.1, 0.15) is 36.2 Å². The predicted molar refractivity (Wildman–Crippen MR) is 84.9 cm³/mol. The van der Waals surface area contributed by atoms with Crippen molar-refractivity contribution in [2.45, 2.75) is 40.2 Å². The summed E-state index contributed by atoms with van der Waals surface area (Å²) in [6.45, 7) is 6.49. The zero-order chi connectivity index (χ0) is 15.4. The minimum atomic E-state index is 0.366. The van der Waals surface area contributed by atoms with E-state index in [0.717, 1.165) is 35.2 Å². The normalized spacial score (nSPS) is 10.7. The van der Waals surface area contributed by atoms with Gasteiger partial charge in [-0.05, 0) is 43.0 Å². The summed E-state index contributed by atoms with van der Waals surface area (Å²) in [5, 5.41) is 8.98. The first-order chi connectivity index (χ1) is 10.1. The van der Waals surface area contributed by atoms with Crippen LogP contribution in [-0.4, -0.2) is 10.2 Å². The number of aryl methyl sites for hydroxylation is 2. The molecule has 112 valence electrons. The van der Waals surface area contributed by atoms with Crippen molar-refractivity contribution in [3.8, 4) is 11.6 Å². The maximum Gasteiger partial charge on any atom is 0.243 e. The Morgan fingerprint density at radius 1 is 1.14 bits per heavy atom. The highest BCUT2D eigenvalue weighted by Gasteiger charge is 2.16. The van der Waals surface area contributed by atoms with E-state index in [0.29, 0.717) is 23.2 Å². The van der Waals surface area contributed by atoms with E-state index in [9.17, 15) is 0 Å². The molecule has 0 saturated heterocycles. The second-order valence-corrected chi connectivity index (χ2v) is 5.26. The summed E-state index contributed by atoms with van der Waals surface area (Å²) in [5.74, 6) is 1.02. The molecule has 4 nitrogen and oxygen atoms in total. The fourth-order valence-electron chi connectivity index (χ4n) is 2.32. The van der Waals surface area contributed by atoms with Gasteiger partial charge in [-0.1, -0.05) is 31.5 Å². The summed E-state index contributed by atoms with van der Waals surface area (Å²) >= 11 is 6.17. The van der Waals surface area contributed by atoms with Crippen molar-refractivity contribution in [1.82, 2.24) is 10.2 Å². The molecule has 21 heavy (non-hydrogen) atoms. The maximum atomic E-state index is 6.17. The van der Waals surface area contributed by atoms with Gasteiger partial charge in [0.2, 0.25) is 5.88 Å². The molecular weight excluding hydrogens is 286 g/mol. The number of aromatic nitrogens is 2. The zero-order valence-electron chi connectivity index (χ0n) is 12.6. The number of hydrogen-bond donors (Lipinski definition) is 1. The summed E-state index contributed by atoms with van der Waals surface area (Å²) in [7, 11) is 0. The van der Waals surface area contributed by atoms with Crippen LogP contribution >= 0.6 is 11.6 Å². The van der Waals surface area contributed by atoms with E-state index < -0.39 is 0 Å². The molecule has 0 fully saturated rings. The summed E-state index contributed by atoms with van der Waals surface area (Å²) in [4.78, 5) is 0. The molecule has 0 spiro atoms. The second kappa shape index (κ2) is 6.87. The van der Waals surface area contributed by atoms with Gasteiger partial charge in [-0.2, -0.15) is 5.10 Å². The van der Waals surface area contributed by atoms with Gasteiger partial charge < -0.3 is 10.5 Å². The third kappa shape index (κ3) is 3.34. The Morgan fingerprint density at radius 3 is 2.52 bits per heavy atom. The fraction of sp³-hybridized carbons (Fsp3) is 0.375. The Bertz CT molecular complexity index is 644. The van der Waals surface area contributed by atoms with Crippen LogP contribution < -0.4 is 10.5 Å². The Labute approximate surface area is 130 Å². The van der Waals surface area contributed by atoms with E-state index in [1.165, 1.54) is 0 Å². The first kappa shape index (κ1) is 15.7. The van der Waals surface area contributed by atoms with Gasteiger partial charge in [-0.15, -0.1) is 5.10 Å². The topological polar surface area (TPSA) is 61.0 Å². The molecule has 0 aliphatic carbocycles. The maximum absolute atomic E-state index is 6.17. The molecule has 1 aromatic carbocycles. The number of nitrogens with two attached hydrogens (primary N) is 1. The fourth-order valence-corrected chi connectivity index (χ4v) is 2.47. The number of hydrogen-bond acceptors (Lipinski definition) is 4. The van der Waals surface area contributed by atoms with Gasteiger partial charge in [0, 0.05) is 12.1 Å². The summed E-state index contributed by atoms with van der Waals surface area (Å²) in [6.07, 6.45) is 1.68. The van der Waals surface area contributed by atoms with Crippen LogP contribution in [-0.2, 0) is 19.4 Å². The average Bonchev–Trinajstić information content (AvgIpc) is 2.50. The summed E-state index contributed by atoms with van der Waals surface area (Å²) in [6, 6.07) is 5.62. The monoisotopic (exact) mass is 305 g/mol. The van der Waals surface area contributed by atoms with E-state index in [1.807, 2.05) is 25.1 Å². The van der Waals surface area contributed by atoms with Gasteiger partial charge in [0.1, 0.15) is 5.75 Å². The van der Waals surface area contributed by atoms with Gasteiger partial charge in [0.25, 0.3) is 0 Å². The van der Waals surface area contributed by atoms with Crippen molar-refractivity contribution in [2.75, 3.05) is 0 Å². The standard InChI is InChI=1S/C16H20ClN3O/c1-4-11-12(9-18)16(20-19-14(11)5-2)21-15-8-10(3)6-7-13(15)17/h6-8H,4-5,9,18H2,1-3H3. The molecule has 2 aromatic rings. The molecule has 0 aliphatic rings. The molecule has 0 radical (unpaired) electrons. The van der Waals surface area contributed by atoms with E-state index >= 15 is 0 Å². The molecule has 2 rings (SSSR count). The van der Waals surface area contributed by atoms with Gasteiger partial charge in [0.15, 0.2) is 0 Å². The van der Waals surface area contributed by atoms with Crippen LogP contribution in [0.2, 0.25) is 5.02 Å². The minimum absolute atomic E-state index is 0.366. The van der Waals surface area contributed by atoms with Crippen LogP contribution in [0.3, 0.4) is 0 Å². The zero-order valence-corrected chi connectivity index (χ0v) is 13.4. The average molecular weight is 306 g/mol. The lowest BCUT2D eigenvalue weighted by Gasteiger charge is -2.15. The van der Waals surface area contributed by atoms with Crippen molar-refractivity contribution in [1.29, 1.82) is 0 Å². The summed E-state index contributed by atoms with van der Waals surface area (Å²) < 4.78 is 5.87. The van der Waals surface area contributed by atoms with Crippen LogP contribution in [0.15, 0.2) is 18.2 Å². The van der Waals surface area contributed by atoms with Crippen LogP contribution in [0.25, 0.3) is 0 Å². The number of rotatable bonds is 5. The lowest BCUT2D eigenvalue weighted by atomic mass is 10.0. The number of benzene rings is 1. The molecule has 0 unspecified atom stereocenters. The van der Waals surface area contributed by atoms with Crippen molar-refractivity contribution in [2.24, 2.45) is 5.73 Å². The number of halogens is 1. The van der Waals surface area contributed by atoms with Crippen molar-refractivity contribution in [3.63, 3.8) is 0 Å². The Kier molecular flexibility index (Phi) is 5.15. The van der Waals surface area contributed by atoms with Gasteiger partial charge in [-0.25, -0.2) is 0 Å². The largest absolute Gasteiger partial charge is 0.436 e. The van der Waals surface area contributed by atoms with Gasteiger partial charge in [0.05, 0.1) is 10.7 Å². The van der Waals surface area contributed by atoms with E-state index in [2.05, 4.69) is 24.0 Å². The van der Waals surface area contributed by atoms with E-state index in [1.54, 1.807) is 0 Å². The van der Waals surface area contributed by atoms with Crippen LogP contribution in [0, 0.1) is 6.92 Å². The minimum Gasteiger partial charge on any atom is -0.436 e. The van der Waals surface area contributed by atoms with Crippen molar-refractivity contribution >= 4 is 11.6 Å². The first-order valence-electron chi connectivity index (χ1n) is 7.12. The molecule has 0 atom stereocenters. The Balaban J connectivity index is 2.47. The molecule has 0 aliphatic heterocycles.